The SMILES string of the molecule is CC(CC(C(F)(F)F)C(F)(F)F)P(O)(O)(O)C(C(F)(F)F)C(F)(F)F. The molecule has 0 rings (SSSR count). The topological polar surface area (TPSA) is 60.7 Å². The molecule has 0 aromatic rings. The van der Waals surface area contributed by atoms with Crippen molar-refractivity contribution < 1.29 is 67.4 Å². The molecule has 0 bridgehead atoms. The zero-order valence-electron chi connectivity index (χ0n) is 11.8. The molecule has 0 spiro atoms. The molecule has 0 aliphatic carbocycles. The van der Waals surface area contributed by atoms with Crippen LogP contribution < -0.4 is 0 Å². The van der Waals surface area contributed by atoms with E-state index >= 15 is 0 Å². The van der Waals surface area contributed by atoms with E-state index in [1.807, 2.05) is 0 Å². The van der Waals surface area contributed by atoms with Crippen molar-refractivity contribution in [3.8, 4) is 0 Å². The van der Waals surface area contributed by atoms with Crippen LogP contribution in [-0.2, 0) is 0 Å². The van der Waals surface area contributed by atoms with Crippen molar-refractivity contribution >= 4 is 7.28 Å². The predicted molar refractivity (Wildman–Crippen MR) is 59.2 cm³/mol. The molecule has 0 amide bonds. The average Bonchev–Trinajstić information content (AvgIpc) is 2.14. The van der Waals surface area contributed by atoms with Crippen LogP contribution in [0.2, 0.25) is 0 Å². The van der Waals surface area contributed by atoms with Gasteiger partial charge in [-0.25, -0.2) is 0 Å². The Morgan fingerprint density at radius 3 is 1.12 bits per heavy atom. The van der Waals surface area contributed by atoms with Gasteiger partial charge in [0.05, 0.1) is 0 Å². The summed E-state index contributed by atoms with van der Waals surface area (Å²) in [4.78, 5) is 27.7. The summed E-state index contributed by atoms with van der Waals surface area (Å²) in [6.45, 7) is -0.174. The van der Waals surface area contributed by atoms with Crippen molar-refractivity contribution in [1.82, 2.24) is 0 Å². The molecule has 0 heterocycles. The second kappa shape index (κ2) is 6.27. The molecule has 0 saturated heterocycles. The van der Waals surface area contributed by atoms with Crippen LogP contribution in [-0.4, -0.2) is 50.7 Å². The maximum atomic E-state index is 12.5. The first kappa shape index (κ1) is 24.5. The van der Waals surface area contributed by atoms with E-state index in [1.54, 1.807) is 0 Å². The van der Waals surface area contributed by atoms with Gasteiger partial charge in [0.1, 0.15) is 0 Å². The maximum absolute atomic E-state index is 12.5. The summed E-state index contributed by atoms with van der Waals surface area (Å²) < 4.78 is 149. The van der Waals surface area contributed by atoms with Crippen LogP contribution in [0.3, 0.4) is 0 Å². The quantitative estimate of drug-likeness (QED) is 0.465. The fourth-order valence-electron chi connectivity index (χ4n) is 2.00. The number of halogens is 12. The zero-order chi connectivity index (χ0) is 20.9. The Morgan fingerprint density at radius 2 is 0.920 bits per heavy atom. The summed E-state index contributed by atoms with van der Waals surface area (Å²) in [5.41, 5.74) is -8.75. The molecular weight excluding hydrogens is 415 g/mol. The summed E-state index contributed by atoms with van der Waals surface area (Å²) in [6.07, 6.45) is -28.2. The van der Waals surface area contributed by atoms with Crippen LogP contribution in [0.4, 0.5) is 52.7 Å². The van der Waals surface area contributed by atoms with E-state index in [2.05, 4.69) is 0 Å². The van der Waals surface area contributed by atoms with E-state index in [4.69, 9.17) is 0 Å². The first-order valence-corrected chi connectivity index (χ1v) is 8.17. The third-order valence-electron chi connectivity index (χ3n) is 3.33. The summed E-state index contributed by atoms with van der Waals surface area (Å²) in [6, 6.07) is 0. The Labute approximate surface area is 131 Å². The van der Waals surface area contributed by atoms with Crippen molar-refractivity contribution in [3.05, 3.63) is 0 Å². The molecule has 0 fully saturated rings. The van der Waals surface area contributed by atoms with Gasteiger partial charge in [-0.1, -0.05) is 0 Å². The Morgan fingerprint density at radius 1 is 0.640 bits per heavy atom. The third-order valence-corrected chi connectivity index (χ3v) is 6.81. The first-order valence-electron chi connectivity index (χ1n) is 5.93. The second-order valence-corrected chi connectivity index (χ2v) is 8.93. The van der Waals surface area contributed by atoms with Crippen LogP contribution >= 0.6 is 7.28 Å². The summed E-state index contributed by atoms with van der Waals surface area (Å²) >= 11 is 0. The Bertz CT molecular complexity index is 440. The third kappa shape index (κ3) is 5.73. The normalized spacial score (nSPS) is 18.4. The standard InChI is InChI=1S/C9H11F12O3P/c1-3(2-4(6(10,11)12)7(13,14)15)25(22,23,24)5(8(16,17)18)9(19,20)21/h3-5,22-24H,2H2,1H3. The fraction of sp³-hybridized carbons (Fsp3) is 1.00. The Balaban J connectivity index is 6.11. The summed E-state index contributed by atoms with van der Waals surface area (Å²) in [5, 5.41) is 0. The molecule has 25 heavy (non-hydrogen) atoms. The first-order chi connectivity index (χ1) is 10.4. The van der Waals surface area contributed by atoms with Gasteiger partial charge in [0.2, 0.25) is 0 Å². The Hall–Kier alpha value is -0.530. The van der Waals surface area contributed by atoms with Gasteiger partial charge in [-0.3, -0.25) is 0 Å². The monoisotopic (exact) mass is 426 g/mol. The number of hydrogen-bond donors (Lipinski definition) is 3. The van der Waals surface area contributed by atoms with Gasteiger partial charge >= 0.3 is 130 Å². The van der Waals surface area contributed by atoms with E-state index in [-0.39, 0.29) is 6.92 Å². The average molecular weight is 426 g/mol. The second-order valence-electron chi connectivity index (χ2n) is 5.32. The number of hydrogen-bond acceptors (Lipinski definition) is 3. The van der Waals surface area contributed by atoms with Gasteiger partial charge in [0.15, 0.2) is 0 Å². The molecule has 1 unspecified atom stereocenters. The Kier molecular flexibility index (Phi) is 6.14. The van der Waals surface area contributed by atoms with E-state index in [9.17, 15) is 67.4 Å². The summed E-state index contributed by atoms with van der Waals surface area (Å²) in [5.74, 6) is -4.48. The molecule has 154 valence electrons. The van der Waals surface area contributed by atoms with E-state index in [0.29, 0.717) is 0 Å². The zero-order valence-corrected chi connectivity index (χ0v) is 12.7. The van der Waals surface area contributed by atoms with Gasteiger partial charge in [0, 0.05) is 0 Å². The number of rotatable bonds is 4. The molecule has 3 N–H and O–H groups in total. The molecule has 3 nitrogen and oxygen atoms in total. The molecule has 0 aromatic carbocycles. The van der Waals surface area contributed by atoms with E-state index < -0.39 is 55.6 Å². The van der Waals surface area contributed by atoms with Crippen molar-refractivity contribution in [3.63, 3.8) is 0 Å². The molecule has 0 radical (unpaired) electrons. The fourth-order valence-corrected chi connectivity index (χ4v) is 4.25. The van der Waals surface area contributed by atoms with Crippen molar-refractivity contribution in [2.24, 2.45) is 5.92 Å². The van der Waals surface area contributed by atoms with Crippen molar-refractivity contribution in [2.75, 3.05) is 0 Å². The molecule has 0 aromatic heterocycles. The van der Waals surface area contributed by atoms with Crippen LogP contribution in [0, 0.1) is 5.92 Å². The summed E-state index contributed by atoms with van der Waals surface area (Å²) in [7, 11) is -8.17. The van der Waals surface area contributed by atoms with Crippen molar-refractivity contribution in [1.29, 1.82) is 0 Å². The van der Waals surface area contributed by atoms with E-state index in [1.165, 1.54) is 0 Å². The molecule has 16 heteroatoms. The molecule has 0 aliphatic rings. The van der Waals surface area contributed by atoms with Gasteiger partial charge in [-0.05, 0) is 0 Å². The van der Waals surface area contributed by atoms with Crippen LogP contribution in [0.15, 0.2) is 0 Å². The van der Waals surface area contributed by atoms with Crippen LogP contribution in [0.5, 0.6) is 0 Å². The predicted octanol–water partition coefficient (Wildman–Crippen LogP) is 4.27. The number of alkyl halides is 12. The molecule has 0 aliphatic heterocycles. The minimum absolute atomic E-state index is 0.174. The van der Waals surface area contributed by atoms with Crippen LogP contribution in [0.1, 0.15) is 13.3 Å². The van der Waals surface area contributed by atoms with Gasteiger partial charge in [-0.15, -0.1) is 0 Å². The van der Waals surface area contributed by atoms with Crippen molar-refractivity contribution in [2.45, 2.75) is 49.4 Å². The van der Waals surface area contributed by atoms with Gasteiger partial charge in [0.25, 0.3) is 0 Å². The van der Waals surface area contributed by atoms with E-state index in [0.717, 1.165) is 0 Å². The van der Waals surface area contributed by atoms with Gasteiger partial charge in [-0.2, -0.15) is 0 Å². The molecule has 1 atom stereocenters. The molecule has 0 saturated carbocycles. The van der Waals surface area contributed by atoms with Crippen LogP contribution in [0.25, 0.3) is 0 Å². The van der Waals surface area contributed by atoms with Gasteiger partial charge < -0.3 is 0 Å². The minimum atomic E-state index is -8.17. The molecular formula is C9H11F12O3P.